The van der Waals surface area contributed by atoms with Crippen molar-refractivity contribution in [3.63, 3.8) is 0 Å². The van der Waals surface area contributed by atoms with E-state index < -0.39 is 6.04 Å². The Morgan fingerprint density at radius 3 is 2.63 bits per heavy atom. The van der Waals surface area contributed by atoms with Gasteiger partial charge in [0, 0.05) is 11.4 Å². The van der Waals surface area contributed by atoms with E-state index in [1.54, 1.807) is 16.7 Å². The molecule has 0 bridgehead atoms. The lowest BCUT2D eigenvalue weighted by molar-refractivity contribution is -0.130. The summed E-state index contributed by atoms with van der Waals surface area (Å²) in [7, 11) is 0. The van der Waals surface area contributed by atoms with Crippen molar-refractivity contribution < 1.29 is 9.59 Å². The number of benzene rings is 1. The Morgan fingerprint density at radius 2 is 2.05 bits per heavy atom. The number of thioether (sulfide) groups is 1. The van der Waals surface area contributed by atoms with Crippen molar-refractivity contribution in [2.75, 3.05) is 11.1 Å². The fourth-order valence-corrected chi connectivity index (χ4v) is 3.27. The first kappa shape index (κ1) is 13.9. The fraction of sp³-hybridized carbons (Fsp3) is 0.429. The third-order valence-corrected chi connectivity index (χ3v) is 4.69. The maximum absolute atomic E-state index is 12.2. The predicted molar refractivity (Wildman–Crippen MR) is 78.0 cm³/mol. The molecule has 0 radical (unpaired) electrons. The van der Waals surface area contributed by atoms with Crippen LogP contribution in [0.4, 0.5) is 5.69 Å². The highest BCUT2D eigenvalue weighted by atomic mass is 32.2. The smallest absolute Gasteiger partial charge is 0.248 e. The molecular formula is C14H18N2O2S. The van der Waals surface area contributed by atoms with Gasteiger partial charge in [0.25, 0.3) is 0 Å². The Kier molecular flexibility index (Phi) is 3.85. The molecule has 0 aromatic heterocycles. The Morgan fingerprint density at radius 1 is 1.42 bits per heavy atom. The number of rotatable bonds is 3. The number of aryl methyl sites for hydroxylation is 1. The molecule has 19 heavy (non-hydrogen) atoms. The monoisotopic (exact) mass is 278 g/mol. The zero-order valence-corrected chi connectivity index (χ0v) is 12.2. The summed E-state index contributed by atoms with van der Waals surface area (Å²) in [4.78, 5) is 24.7. The number of carbonyl (C=O) groups excluding carboxylic acids is 2. The van der Waals surface area contributed by atoms with E-state index in [1.807, 2.05) is 45.0 Å². The number of amides is 2. The first-order chi connectivity index (χ1) is 8.94. The fourth-order valence-electron chi connectivity index (χ4n) is 2.08. The van der Waals surface area contributed by atoms with Gasteiger partial charge in [0.1, 0.15) is 6.04 Å². The van der Waals surface area contributed by atoms with E-state index in [0.717, 1.165) is 17.7 Å². The summed E-state index contributed by atoms with van der Waals surface area (Å²) in [5.74, 6) is 0.498. The van der Waals surface area contributed by atoms with E-state index in [1.165, 1.54) is 0 Å². The molecular weight excluding hydrogens is 260 g/mol. The van der Waals surface area contributed by atoms with Gasteiger partial charge >= 0.3 is 0 Å². The minimum atomic E-state index is -0.404. The number of hydrogen-bond donors (Lipinski definition) is 1. The van der Waals surface area contributed by atoms with Crippen LogP contribution in [0.25, 0.3) is 0 Å². The molecule has 1 aromatic rings. The van der Waals surface area contributed by atoms with Crippen molar-refractivity contribution in [1.82, 2.24) is 4.90 Å². The Balaban J connectivity index is 2.08. The molecule has 1 aliphatic rings. The zero-order valence-electron chi connectivity index (χ0n) is 11.3. The van der Waals surface area contributed by atoms with Gasteiger partial charge in [-0.05, 0) is 32.9 Å². The molecule has 0 spiro atoms. The summed E-state index contributed by atoms with van der Waals surface area (Å²) in [5.41, 5.74) is 1.90. The third kappa shape index (κ3) is 2.92. The summed E-state index contributed by atoms with van der Waals surface area (Å²) in [6.07, 6.45) is 0.763. The van der Waals surface area contributed by atoms with Crippen LogP contribution in [0.3, 0.4) is 0 Å². The molecule has 1 N–H and O–H groups in total. The Hall–Kier alpha value is -1.49. The van der Waals surface area contributed by atoms with E-state index in [4.69, 9.17) is 0 Å². The Bertz CT molecular complexity index is 485. The predicted octanol–water partition coefficient (Wildman–Crippen LogP) is 2.24. The van der Waals surface area contributed by atoms with E-state index in [2.05, 4.69) is 5.32 Å². The maximum Gasteiger partial charge on any atom is 0.248 e. The quantitative estimate of drug-likeness (QED) is 0.863. The molecule has 5 heteroatoms. The lowest BCUT2D eigenvalue weighted by Gasteiger charge is -2.30. The molecule has 1 heterocycles. The third-order valence-electron chi connectivity index (χ3n) is 3.29. The largest absolute Gasteiger partial charge is 0.324 e. The first-order valence-corrected chi connectivity index (χ1v) is 7.18. The van der Waals surface area contributed by atoms with Gasteiger partial charge in [-0.15, -0.1) is 11.8 Å². The summed E-state index contributed by atoms with van der Waals surface area (Å²) >= 11 is 1.62. The van der Waals surface area contributed by atoms with E-state index in [0.29, 0.717) is 5.75 Å². The average molecular weight is 278 g/mol. The lowest BCUT2D eigenvalue weighted by atomic mass is 10.2. The van der Waals surface area contributed by atoms with Gasteiger partial charge in [-0.3, -0.25) is 9.59 Å². The van der Waals surface area contributed by atoms with Crippen LogP contribution in [0.2, 0.25) is 0 Å². The van der Waals surface area contributed by atoms with Crippen molar-refractivity contribution in [3.05, 3.63) is 29.8 Å². The van der Waals surface area contributed by atoms with Crippen LogP contribution in [-0.4, -0.2) is 33.9 Å². The van der Waals surface area contributed by atoms with Crippen molar-refractivity contribution in [3.8, 4) is 0 Å². The van der Waals surface area contributed by atoms with Crippen LogP contribution >= 0.6 is 11.8 Å². The van der Waals surface area contributed by atoms with Crippen molar-refractivity contribution >= 4 is 29.8 Å². The summed E-state index contributed by atoms with van der Waals surface area (Å²) < 4.78 is 0. The molecule has 4 nitrogen and oxygen atoms in total. The summed E-state index contributed by atoms with van der Waals surface area (Å²) in [6.45, 7) is 5.90. The van der Waals surface area contributed by atoms with Gasteiger partial charge in [-0.25, -0.2) is 0 Å². The molecule has 0 unspecified atom stereocenters. The Labute approximate surface area is 117 Å². The highest BCUT2D eigenvalue weighted by molar-refractivity contribution is 8.00. The number of anilines is 1. The first-order valence-electron chi connectivity index (χ1n) is 6.19. The van der Waals surface area contributed by atoms with Gasteiger partial charge in [-0.1, -0.05) is 17.7 Å². The number of carbonyl (C=O) groups is 2. The molecule has 0 aliphatic carbocycles. The SMILES string of the molecule is Cc1ccc(NC(=O)[C@H]2CSC(C)(C)N2C=O)cc1. The van der Waals surface area contributed by atoms with Crippen LogP contribution in [0.1, 0.15) is 19.4 Å². The normalized spacial score (nSPS) is 21.2. The molecule has 102 valence electrons. The van der Waals surface area contributed by atoms with Crippen LogP contribution in [0.15, 0.2) is 24.3 Å². The van der Waals surface area contributed by atoms with Crippen molar-refractivity contribution in [2.45, 2.75) is 31.7 Å². The van der Waals surface area contributed by atoms with E-state index in [9.17, 15) is 9.59 Å². The van der Waals surface area contributed by atoms with Crippen molar-refractivity contribution in [2.24, 2.45) is 0 Å². The van der Waals surface area contributed by atoms with E-state index in [-0.39, 0.29) is 10.8 Å². The second kappa shape index (κ2) is 5.25. The second-order valence-corrected chi connectivity index (χ2v) is 6.76. The number of hydrogen-bond acceptors (Lipinski definition) is 3. The maximum atomic E-state index is 12.2. The number of nitrogens with one attached hydrogen (secondary N) is 1. The zero-order chi connectivity index (χ0) is 14.0. The highest BCUT2D eigenvalue weighted by Crippen LogP contribution is 2.37. The minimum absolute atomic E-state index is 0.131. The number of nitrogens with zero attached hydrogens (tertiary/aromatic N) is 1. The van der Waals surface area contributed by atoms with Crippen molar-refractivity contribution in [1.29, 1.82) is 0 Å². The van der Waals surface area contributed by atoms with E-state index >= 15 is 0 Å². The summed E-state index contributed by atoms with van der Waals surface area (Å²) in [6, 6.07) is 7.22. The average Bonchev–Trinajstić information content (AvgIpc) is 2.67. The van der Waals surface area contributed by atoms with Crippen LogP contribution in [0, 0.1) is 6.92 Å². The van der Waals surface area contributed by atoms with Gasteiger partial charge < -0.3 is 10.2 Å². The van der Waals surface area contributed by atoms with Crippen LogP contribution in [-0.2, 0) is 9.59 Å². The molecule has 1 aliphatic heterocycles. The molecule has 1 saturated heterocycles. The lowest BCUT2D eigenvalue weighted by Crippen LogP contribution is -2.47. The second-order valence-electron chi connectivity index (χ2n) is 5.14. The molecule has 1 fully saturated rings. The molecule has 1 aromatic carbocycles. The highest BCUT2D eigenvalue weighted by Gasteiger charge is 2.42. The van der Waals surface area contributed by atoms with Gasteiger partial charge in [0.15, 0.2) is 0 Å². The van der Waals surface area contributed by atoms with Gasteiger partial charge in [0.05, 0.1) is 4.87 Å². The van der Waals surface area contributed by atoms with Crippen LogP contribution < -0.4 is 5.32 Å². The summed E-state index contributed by atoms with van der Waals surface area (Å²) in [5, 5.41) is 2.86. The molecule has 2 rings (SSSR count). The standard InChI is InChI=1S/C14H18N2O2S/c1-10-4-6-11(7-5-10)15-13(18)12-8-19-14(2,3)16(12)9-17/h4-7,9,12H,8H2,1-3H3,(H,15,18)/t12-/m1/s1. The molecule has 1 atom stereocenters. The van der Waals surface area contributed by atoms with Crippen LogP contribution in [0.5, 0.6) is 0 Å². The minimum Gasteiger partial charge on any atom is -0.324 e. The molecule has 2 amide bonds. The van der Waals surface area contributed by atoms with Gasteiger partial charge in [0.2, 0.25) is 12.3 Å². The van der Waals surface area contributed by atoms with Gasteiger partial charge in [-0.2, -0.15) is 0 Å². The molecule has 0 saturated carbocycles. The topological polar surface area (TPSA) is 49.4 Å².